The third-order valence-electron chi connectivity index (χ3n) is 4.59. The smallest absolute Gasteiger partial charge is 0.222 e. The predicted molar refractivity (Wildman–Crippen MR) is 98.3 cm³/mol. The van der Waals surface area contributed by atoms with E-state index in [-0.39, 0.29) is 0 Å². The second-order valence-electron chi connectivity index (χ2n) is 6.83. The number of hydrogen-bond donors (Lipinski definition) is 1. The Balaban J connectivity index is 1.39. The molecule has 3 aromatic heterocycles. The van der Waals surface area contributed by atoms with E-state index in [0.29, 0.717) is 18.5 Å². The van der Waals surface area contributed by atoms with Gasteiger partial charge in [0, 0.05) is 43.9 Å². The van der Waals surface area contributed by atoms with Crippen LogP contribution in [0, 0.1) is 0 Å². The van der Waals surface area contributed by atoms with E-state index in [1.807, 2.05) is 6.20 Å². The molecule has 0 atom stereocenters. The zero-order valence-corrected chi connectivity index (χ0v) is 15.2. The quantitative estimate of drug-likeness (QED) is 0.732. The Labute approximate surface area is 152 Å². The molecule has 0 radical (unpaired) electrons. The molecule has 4 heterocycles. The molecular formula is C18H24N8. The summed E-state index contributed by atoms with van der Waals surface area (Å²) in [4.78, 5) is 15.3. The van der Waals surface area contributed by atoms with E-state index >= 15 is 0 Å². The van der Waals surface area contributed by atoms with E-state index in [4.69, 9.17) is 5.10 Å². The van der Waals surface area contributed by atoms with Crippen molar-refractivity contribution in [1.29, 1.82) is 0 Å². The molecular weight excluding hydrogens is 328 g/mol. The molecule has 0 saturated carbocycles. The lowest BCUT2D eigenvalue weighted by atomic mass is 10.2. The van der Waals surface area contributed by atoms with Crippen molar-refractivity contribution in [3.05, 3.63) is 54.1 Å². The molecule has 8 heteroatoms. The predicted octanol–water partition coefficient (Wildman–Crippen LogP) is 2.08. The van der Waals surface area contributed by atoms with Crippen LogP contribution in [0.15, 0.2) is 36.9 Å². The van der Waals surface area contributed by atoms with Crippen LogP contribution in [-0.2, 0) is 26.2 Å². The van der Waals surface area contributed by atoms with E-state index in [1.165, 1.54) is 5.69 Å². The van der Waals surface area contributed by atoms with Crippen molar-refractivity contribution < 1.29 is 0 Å². The van der Waals surface area contributed by atoms with Crippen LogP contribution in [0.4, 0.5) is 5.95 Å². The van der Waals surface area contributed by atoms with Crippen molar-refractivity contribution >= 4 is 5.95 Å². The summed E-state index contributed by atoms with van der Waals surface area (Å²) in [6.45, 7) is 8.63. The first-order valence-corrected chi connectivity index (χ1v) is 8.99. The van der Waals surface area contributed by atoms with E-state index in [0.717, 1.165) is 37.7 Å². The minimum absolute atomic E-state index is 0.431. The Morgan fingerprint density at radius 3 is 2.77 bits per heavy atom. The highest BCUT2D eigenvalue weighted by molar-refractivity contribution is 5.24. The first-order chi connectivity index (χ1) is 12.7. The number of rotatable bonds is 6. The van der Waals surface area contributed by atoms with Gasteiger partial charge in [0.2, 0.25) is 5.95 Å². The van der Waals surface area contributed by atoms with Crippen LogP contribution in [0.1, 0.15) is 37.1 Å². The molecule has 4 rings (SSSR count). The summed E-state index contributed by atoms with van der Waals surface area (Å²) in [5.74, 6) is 1.75. The van der Waals surface area contributed by atoms with Gasteiger partial charge in [-0.15, -0.1) is 0 Å². The zero-order valence-electron chi connectivity index (χ0n) is 15.2. The van der Waals surface area contributed by atoms with E-state index < -0.39 is 0 Å². The van der Waals surface area contributed by atoms with Gasteiger partial charge in [0.1, 0.15) is 5.82 Å². The minimum atomic E-state index is 0.431. The average molecular weight is 352 g/mol. The summed E-state index contributed by atoms with van der Waals surface area (Å²) in [6.07, 6.45) is 7.40. The number of anilines is 1. The Morgan fingerprint density at radius 2 is 1.96 bits per heavy atom. The number of imidazole rings is 1. The van der Waals surface area contributed by atoms with Crippen molar-refractivity contribution in [1.82, 2.24) is 34.2 Å². The van der Waals surface area contributed by atoms with E-state index in [9.17, 15) is 0 Å². The molecule has 0 spiro atoms. The van der Waals surface area contributed by atoms with Crippen LogP contribution >= 0.6 is 0 Å². The van der Waals surface area contributed by atoms with Crippen LogP contribution in [0.5, 0.6) is 0 Å². The SMILES string of the molecule is CC(C)n1ccnc1CN1CCn2nc(CNc3ncccn3)cc2C1. The molecule has 0 aromatic carbocycles. The second kappa shape index (κ2) is 7.25. The molecule has 8 nitrogen and oxygen atoms in total. The van der Waals surface area contributed by atoms with Crippen LogP contribution in [0.25, 0.3) is 0 Å². The molecule has 0 bridgehead atoms. The maximum absolute atomic E-state index is 4.69. The fourth-order valence-electron chi connectivity index (χ4n) is 3.30. The molecule has 0 amide bonds. The fraction of sp³-hybridized carbons (Fsp3) is 0.444. The molecule has 0 fully saturated rings. The van der Waals surface area contributed by atoms with Crippen LogP contribution in [0.2, 0.25) is 0 Å². The summed E-state index contributed by atoms with van der Waals surface area (Å²) in [7, 11) is 0. The highest BCUT2D eigenvalue weighted by atomic mass is 15.3. The third-order valence-corrected chi connectivity index (χ3v) is 4.59. The Bertz CT molecular complexity index is 851. The Morgan fingerprint density at radius 1 is 1.12 bits per heavy atom. The van der Waals surface area contributed by atoms with Gasteiger partial charge >= 0.3 is 0 Å². The van der Waals surface area contributed by atoms with E-state index in [1.54, 1.807) is 18.5 Å². The first-order valence-electron chi connectivity index (χ1n) is 8.99. The lowest BCUT2D eigenvalue weighted by molar-refractivity contribution is 0.197. The van der Waals surface area contributed by atoms with Gasteiger partial charge in [0.05, 0.1) is 31.0 Å². The van der Waals surface area contributed by atoms with Crippen molar-refractivity contribution in [2.75, 3.05) is 11.9 Å². The monoisotopic (exact) mass is 352 g/mol. The molecule has 1 aliphatic rings. The average Bonchev–Trinajstić information content (AvgIpc) is 3.27. The molecule has 1 aliphatic heterocycles. The van der Waals surface area contributed by atoms with Gasteiger partial charge in [-0.25, -0.2) is 15.0 Å². The summed E-state index contributed by atoms with van der Waals surface area (Å²) < 4.78 is 4.34. The Hall–Kier alpha value is -2.74. The van der Waals surface area contributed by atoms with Crippen molar-refractivity contribution in [2.45, 2.75) is 46.1 Å². The lowest BCUT2D eigenvalue weighted by Gasteiger charge is -2.27. The van der Waals surface area contributed by atoms with Crippen LogP contribution in [-0.4, -0.2) is 40.7 Å². The summed E-state index contributed by atoms with van der Waals surface area (Å²) in [5.41, 5.74) is 2.25. The van der Waals surface area contributed by atoms with Gasteiger partial charge < -0.3 is 9.88 Å². The summed E-state index contributed by atoms with van der Waals surface area (Å²) in [6, 6.07) is 4.40. The maximum atomic E-state index is 4.69. The van der Waals surface area contributed by atoms with E-state index in [2.05, 4.69) is 60.5 Å². The maximum Gasteiger partial charge on any atom is 0.222 e. The number of fused-ring (bicyclic) bond motifs is 1. The van der Waals surface area contributed by atoms with Crippen molar-refractivity contribution in [2.24, 2.45) is 0 Å². The molecule has 136 valence electrons. The number of hydrogen-bond acceptors (Lipinski definition) is 6. The molecule has 0 unspecified atom stereocenters. The molecule has 26 heavy (non-hydrogen) atoms. The first kappa shape index (κ1) is 16.7. The van der Waals surface area contributed by atoms with Gasteiger partial charge in [-0.2, -0.15) is 5.10 Å². The second-order valence-corrected chi connectivity index (χ2v) is 6.83. The topological polar surface area (TPSA) is 76.7 Å². The highest BCUT2D eigenvalue weighted by Crippen LogP contribution is 2.17. The van der Waals surface area contributed by atoms with Crippen LogP contribution < -0.4 is 5.32 Å². The lowest BCUT2D eigenvalue weighted by Crippen LogP contribution is -2.34. The number of aromatic nitrogens is 6. The minimum Gasteiger partial charge on any atom is -0.348 e. The Kier molecular flexibility index (Phi) is 4.66. The highest BCUT2D eigenvalue weighted by Gasteiger charge is 2.20. The number of nitrogens with one attached hydrogen (secondary N) is 1. The molecule has 0 aliphatic carbocycles. The van der Waals surface area contributed by atoms with Crippen molar-refractivity contribution in [3.8, 4) is 0 Å². The number of nitrogens with zero attached hydrogens (tertiary/aromatic N) is 7. The fourth-order valence-corrected chi connectivity index (χ4v) is 3.30. The van der Waals surface area contributed by atoms with Gasteiger partial charge in [-0.3, -0.25) is 9.58 Å². The van der Waals surface area contributed by atoms with Gasteiger partial charge in [-0.1, -0.05) is 0 Å². The summed E-state index contributed by atoms with van der Waals surface area (Å²) in [5, 5.41) is 7.91. The van der Waals surface area contributed by atoms with Gasteiger partial charge in [0.15, 0.2) is 0 Å². The standard InChI is InChI=1S/C18H24N8/c1-14(2)25-7-6-19-17(25)13-24-8-9-26-16(12-24)10-15(23-26)11-22-18-20-4-3-5-21-18/h3-7,10,14H,8-9,11-13H2,1-2H3,(H,20,21,22). The normalized spacial score (nSPS) is 14.6. The van der Waals surface area contributed by atoms with Crippen LogP contribution in [0.3, 0.4) is 0 Å². The van der Waals surface area contributed by atoms with Gasteiger partial charge in [0.25, 0.3) is 0 Å². The summed E-state index contributed by atoms with van der Waals surface area (Å²) >= 11 is 0. The molecule has 3 aromatic rings. The van der Waals surface area contributed by atoms with Gasteiger partial charge in [-0.05, 0) is 26.0 Å². The largest absolute Gasteiger partial charge is 0.348 e. The molecule has 1 N–H and O–H groups in total. The van der Waals surface area contributed by atoms with Crippen molar-refractivity contribution in [3.63, 3.8) is 0 Å². The zero-order chi connectivity index (χ0) is 17.9. The third kappa shape index (κ3) is 3.60. The molecule has 0 saturated heterocycles.